The summed E-state index contributed by atoms with van der Waals surface area (Å²) in [5, 5.41) is 10.7. The standard InChI is InChI=1S/C11H17BrN2OS/c1-11(15,8-13)5-2-6-16-10-4-3-9(12)7-14-10/h3-4,7,15H,2,5-6,8,13H2,1H3. The molecule has 0 saturated carbocycles. The van der Waals surface area contributed by atoms with Gasteiger partial charge in [0.15, 0.2) is 0 Å². The fourth-order valence-corrected chi connectivity index (χ4v) is 2.20. The van der Waals surface area contributed by atoms with E-state index in [1.54, 1.807) is 24.9 Å². The molecule has 0 amide bonds. The van der Waals surface area contributed by atoms with Gasteiger partial charge in [0.2, 0.25) is 0 Å². The minimum absolute atomic E-state index is 0.314. The van der Waals surface area contributed by atoms with Crippen LogP contribution in [0.15, 0.2) is 27.8 Å². The Morgan fingerprint density at radius 1 is 1.56 bits per heavy atom. The zero-order valence-electron chi connectivity index (χ0n) is 9.32. The molecule has 90 valence electrons. The molecule has 1 atom stereocenters. The van der Waals surface area contributed by atoms with Crippen LogP contribution in [0.25, 0.3) is 0 Å². The normalized spacial score (nSPS) is 14.8. The van der Waals surface area contributed by atoms with Crippen LogP contribution in [0.5, 0.6) is 0 Å². The van der Waals surface area contributed by atoms with Crippen molar-refractivity contribution in [3.63, 3.8) is 0 Å². The molecule has 5 heteroatoms. The Hall–Kier alpha value is -0.100. The smallest absolute Gasteiger partial charge is 0.0960 e. The van der Waals surface area contributed by atoms with Gasteiger partial charge in [-0.15, -0.1) is 11.8 Å². The van der Waals surface area contributed by atoms with Crippen molar-refractivity contribution >= 4 is 27.7 Å². The molecule has 0 aromatic carbocycles. The maximum Gasteiger partial charge on any atom is 0.0960 e. The molecule has 0 aliphatic heterocycles. The van der Waals surface area contributed by atoms with Crippen LogP contribution >= 0.6 is 27.7 Å². The van der Waals surface area contributed by atoms with E-state index in [1.807, 2.05) is 12.1 Å². The molecular weight excluding hydrogens is 288 g/mol. The van der Waals surface area contributed by atoms with Gasteiger partial charge in [0.25, 0.3) is 0 Å². The maximum atomic E-state index is 9.70. The van der Waals surface area contributed by atoms with E-state index < -0.39 is 5.60 Å². The average Bonchev–Trinajstić information content (AvgIpc) is 2.27. The van der Waals surface area contributed by atoms with Gasteiger partial charge in [0.05, 0.1) is 10.6 Å². The summed E-state index contributed by atoms with van der Waals surface area (Å²) in [5.41, 5.74) is 4.71. The third kappa shape index (κ3) is 5.30. The van der Waals surface area contributed by atoms with E-state index >= 15 is 0 Å². The highest BCUT2D eigenvalue weighted by Crippen LogP contribution is 2.20. The van der Waals surface area contributed by atoms with Crippen LogP contribution in [0.2, 0.25) is 0 Å². The van der Waals surface area contributed by atoms with Crippen molar-refractivity contribution in [2.75, 3.05) is 12.3 Å². The number of aliphatic hydroxyl groups is 1. The average molecular weight is 305 g/mol. The SMILES string of the molecule is CC(O)(CN)CCCSc1ccc(Br)cn1. The van der Waals surface area contributed by atoms with Gasteiger partial charge in [0, 0.05) is 17.2 Å². The van der Waals surface area contributed by atoms with E-state index in [2.05, 4.69) is 20.9 Å². The van der Waals surface area contributed by atoms with E-state index in [4.69, 9.17) is 5.73 Å². The predicted molar refractivity (Wildman–Crippen MR) is 71.6 cm³/mol. The largest absolute Gasteiger partial charge is 0.389 e. The number of thioether (sulfide) groups is 1. The van der Waals surface area contributed by atoms with Crippen molar-refractivity contribution in [2.45, 2.75) is 30.4 Å². The lowest BCUT2D eigenvalue weighted by Crippen LogP contribution is -2.34. The van der Waals surface area contributed by atoms with Gasteiger partial charge in [-0.25, -0.2) is 4.98 Å². The molecule has 1 aromatic heterocycles. The lowest BCUT2D eigenvalue weighted by Gasteiger charge is -2.20. The monoisotopic (exact) mass is 304 g/mol. The second-order valence-electron chi connectivity index (χ2n) is 3.97. The number of aromatic nitrogens is 1. The maximum absolute atomic E-state index is 9.70. The van der Waals surface area contributed by atoms with Crippen molar-refractivity contribution in [2.24, 2.45) is 5.73 Å². The van der Waals surface area contributed by atoms with Crippen molar-refractivity contribution in [3.05, 3.63) is 22.8 Å². The van der Waals surface area contributed by atoms with Gasteiger partial charge in [-0.3, -0.25) is 0 Å². The van der Waals surface area contributed by atoms with Gasteiger partial charge in [-0.05, 0) is 53.6 Å². The second kappa shape index (κ2) is 6.59. The Morgan fingerprint density at radius 2 is 2.31 bits per heavy atom. The molecule has 0 fully saturated rings. The molecule has 16 heavy (non-hydrogen) atoms. The van der Waals surface area contributed by atoms with E-state index in [0.29, 0.717) is 6.54 Å². The predicted octanol–water partition coefficient (Wildman–Crippen LogP) is 2.43. The van der Waals surface area contributed by atoms with E-state index in [-0.39, 0.29) is 0 Å². The summed E-state index contributed by atoms with van der Waals surface area (Å²) in [7, 11) is 0. The van der Waals surface area contributed by atoms with Crippen LogP contribution < -0.4 is 5.73 Å². The quantitative estimate of drug-likeness (QED) is 0.626. The molecule has 1 aromatic rings. The van der Waals surface area contributed by atoms with Gasteiger partial charge >= 0.3 is 0 Å². The minimum Gasteiger partial charge on any atom is -0.389 e. The highest BCUT2D eigenvalue weighted by atomic mass is 79.9. The molecule has 1 rings (SSSR count). The van der Waals surface area contributed by atoms with Gasteiger partial charge in [0.1, 0.15) is 0 Å². The number of pyridine rings is 1. The topological polar surface area (TPSA) is 59.1 Å². The summed E-state index contributed by atoms with van der Waals surface area (Å²) < 4.78 is 0.989. The zero-order chi connectivity index (χ0) is 12.0. The Bertz CT molecular complexity index is 316. The first kappa shape index (κ1) is 14.0. The van der Waals surface area contributed by atoms with Crippen LogP contribution in [0.4, 0.5) is 0 Å². The second-order valence-corrected chi connectivity index (χ2v) is 6.00. The molecule has 1 unspecified atom stereocenters. The van der Waals surface area contributed by atoms with Gasteiger partial charge < -0.3 is 10.8 Å². The molecule has 0 aliphatic carbocycles. The highest BCUT2D eigenvalue weighted by Gasteiger charge is 2.16. The first-order valence-electron chi connectivity index (χ1n) is 5.20. The Morgan fingerprint density at radius 3 is 2.88 bits per heavy atom. The van der Waals surface area contributed by atoms with Crippen LogP contribution in [-0.4, -0.2) is 28.0 Å². The van der Waals surface area contributed by atoms with Crippen LogP contribution in [-0.2, 0) is 0 Å². The Labute approximate surface area is 109 Å². The van der Waals surface area contributed by atoms with Crippen molar-refractivity contribution in [1.29, 1.82) is 0 Å². The molecular formula is C11H17BrN2OS. The van der Waals surface area contributed by atoms with Gasteiger partial charge in [-0.1, -0.05) is 0 Å². The highest BCUT2D eigenvalue weighted by molar-refractivity contribution is 9.10. The van der Waals surface area contributed by atoms with Crippen LogP contribution in [0, 0.1) is 0 Å². The van der Waals surface area contributed by atoms with Crippen molar-refractivity contribution < 1.29 is 5.11 Å². The summed E-state index contributed by atoms with van der Waals surface area (Å²) in [6, 6.07) is 3.96. The van der Waals surface area contributed by atoms with Crippen molar-refractivity contribution in [3.8, 4) is 0 Å². The van der Waals surface area contributed by atoms with Crippen LogP contribution in [0.3, 0.4) is 0 Å². The summed E-state index contributed by atoms with van der Waals surface area (Å²) >= 11 is 5.04. The fourth-order valence-electron chi connectivity index (χ4n) is 1.18. The fraction of sp³-hybridized carbons (Fsp3) is 0.545. The lowest BCUT2D eigenvalue weighted by molar-refractivity contribution is 0.0596. The summed E-state index contributed by atoms with van der Waals surface area (Å²) in [6.45, 7) is 2.09. The van der Waals surface area contributed by atoms with Crippen LogP contribution in [0.1, 0.15) is 19.8 Å². The zero-order valence-corrected chi connectivity index (χ0v) is 11.7. The molecule has 0 saturated heterocycles. The molecule has 3 N–H and O–H groups in total. The van der Waals surface area contributed by atoms with E-state index in [9.17, 15) is 5.11 Å². The first-order valence-corrected chi connectivity index (χ1v) is 6.98. The molecule has 0 spiro atoms. The number of hydrogen-bond acceptors (Lipinski definition) is 4. The third-order valence-electron chi connectivity index (χ3n) is 2.25. The number of nitrogens with zero attached hydrogens (tertiary/aromatic N) is 1. The Balaban J connectivity index is 2.23. The van der Waals surface area contributed by atoms with Crippen molar-refractivity contribution in [1.82, 2.24) is 4.98 Å². The molecule has 3 nitrogen and oxygen atoms in total. The Kier molecular flexibility index (Phi) is 5.75. The summed E-state index contributed by atoms with van der Waals surface area (Å²) in [5.74, 6) is 0.949. The number of hydrogen-bond donors (Lipinski definition) is 2. The lowest BCUT2D eigenvalue weighted by atomic mass is 10.0. The molecule has 0 aliphatic rings. The van der Waals surface area contributed by atoms with E-state index in [0.717, 1.165) is 28.1 Å². The summed E-state index contributed by atoms with van der Waals surface area (Å²) in [6.07, 6.45) is 3.46. The van der Waals surface area contributed by atoms with Gasteiger partial charge in [-0.2, -0.15) is 0 Å². The van der Waals surface area contributed by atoms with E-state index in [1.165, 1.54) is 0 Å². The number of rotatable bonds is 6. The molecule has 0 bridgehead atoms. The number of nitrogens with two attached hydrogens (primary N) is 1. The summed E-state index contributed by atoms with van der Waals surface area (Å²) in [4.78, 5) is 4.26. The minimum atomic E-state index is -0.728. The molecule has 1 heterocycles. The number of halogens is 1. The molecule has 0 radical (unpaired) electrons. The third-order valence-corrected chi connectivity index (χ3v) is 3.75. The first-order chi connectivity index (χ1) is 7.53.